The molecule has 0 amide bonds. The molecular weight excluding hydrogens is 300 g/mol. The highest BCUT2D eigenvalue weighted by atomic mass is 16.5. The number of Topliss-reactive ketones (excluding diaryl/α,β-unsaturated/α-hetero) is 1. The number of fused-ring (bicyclic) bond motifs is 1. The highest BCUT2D eigenvalue weighted by Gasteiger charge is 2.22. The summed E-state index contributed by atoms with van der Waals surface area (Å²) in [7, 11) is 0. The Morgan fingerprint density at radius 2 is 1.92 bits per heavy atom. The molecule has 2 aromatic carbocycles. The lowest BCUT2D eigenvalue weighted by Gasteiger charge is -2.28. The number of hydrogen-bond donors (Lipinski definition) is 1. The number of ether oxygens (including phenoxy) is 1. The summed E-state index contributed by atoms with van der Waals surface area (Å²) in [5.74, 6) is 1.000. The molecule has 2 aromatic rings. The molecule has 2 aliphatic rings. The van der Waals surface area contributed by atoms with Crippen molar-refractivity contribution < 1.29 is 9.53 Å². The van der Waals surface area contributed by atoms with Crippen LogP contribution in [-0.4, -0.2) is 36.9 Å². The van der Waals surface area contributed by atoms with Gasteiger partial charge in [-0.25, -0.2) is 0 Å². The first-order chi connectivity index (χ1) is 11.8. The molecule has 1 atom stereocenters. The Morgan fingerprint density at radius 3 is 2.71 bits per heavy atom. The van der Waals surface area contributed by atoms with Gasteiger partial charge in [-0.1, -0.05) is 30.3 Å². The fourth-order valence-corrected chi connectivity index (χ4v) is 3.43. The number of carbonyl (C=O) groups is 1. The summed E-state index contributed by atoms with van der Waals surface area (Å²) in [6.07, 6.45) is 2.41. The summed E-state index contributed by atoms with van der Waals surface area (Å²) in [4.78, 5) is 14.7. The molecule has 1 unspecified atom stereocenters. The van der Waals surface area contributed by atoms with Crippen LogP contribution in [0.15, 0.2) is 48.5 Å². The summed E-state index contributed by atoms with van der Waals surface area (Å²) in [5.41, 5.74) is 2.83. The van der Waals surface area contributed by atoms with Crippen molar-refractivity contribution in [1.29, 1.82) is 0 Å². The van der Waals surface area contributed by atoms with Crippen molar-refractivity contribution >= 4 is 11.5 Å². The zero-order valence-corrected chi connectivity index (χ0v) is 13.7. The molecule has 0 aromatic heterocycles. The second-order valence-electron chi connectivity index (χ2n) is 6.52. The van der Waals surface area contributed by atoms with E-state index in [1.807, 2.05) is 36.4 Å². The maximum absolute atomic E-state index is 12.5. The molecular formula is C20H22N2O2. The van der Waals surface area contributed by atoms with Gasteiger partial charge in [-0.05, 0) is 49.7 Å². The zero-order chi connectivity index (χ0) is 16.4. The van der Waals surface area contributed by atoms with Crippen LogP contribution < -0.4 is 10.1 Å². The minimum absolute atomic E-state index is 0.00449. The van der Waals surface area contributed by atoms with Crippen LogP contribution in [0.25, 0.3) is 0 Å². The highest BCUT2D eigenvalue weighted by molar-refractivity contribution is 5.98. The Hall–Kier alpha value is -2.33. The van der Waals surface area contributed by atoms with Gasteiger partial charge in [0.15, 0.2) is 5.78 Å². The average Bonchev–Trinajstić information content (AvgIpc) is 3.14. The normalized spacial score (nSPS) is 20.1. The van der Waals surface area contributed by atoms with Gasteiger partial charge >= 0.3 is 0 Å². The predicted octanol–water partition coefficient (Wildman–Crippen LogP) is 3.51. The molecule has 4 rings (SSSR count). The molecule has 0 radical (unpaired) electrons. The van der Waals surface area contributed by atoms with Gasteiger partial charge in [0.1, 0.15) is 11.9 Å². The SMILES string of the molecule is O=C(CN1CCCC1)c1ccc2c(c1)NCC(c1ccccc1)O2. The second-order valence-corrected chi connectivity index (χ2v) is 6.52. The van der Waals surface area contributed by atoms with E-state index in [4.69, 9.17) is 4.74 Å². The van der Waals surface area contributed by atoms with E-state index in [0.717, 1.165) is 35.7 Å². The van der Waals surface area contributed by atoms with E-state index in [-0.39, 0.29) is 11.9 Å². The van der Waals surface area contributed by atoms with E-state index >= 15 is 0 Å². The number of likely N-dealkylation sites (tertiary alicyclic amines) is 1. The molecule has 4 nitrogen and oxygen atoms in total. The number of carbonyl (C=O) groups excluding carboxylic acids is 1. The first kappa shape index (κ1) is 15.2. The van der Waals surface area contributed by atoms with Gasteiger partial charge in [-0.3, -0.25) is 9.69 Å². The lowest BCUT2D eigenvalue weighted by atomic mass is 10.1. The van der Waals surface area contributed by atoms with Gasteiger partial charge in [0.2, 0.25) is 0 Å². The van der Waals surface area contributed by atoms with Crippen LogP contribution in [0.5, 0.6) is 5.75 Å². The first-order valence-electron chi connectivity index (χ1n) is 8.65. The Labute approximate surface area is 142 Å². The van der Waals surface area contributed by atoms with Crippen LogP contribution in [0.3, 0.4) is 0 Å². The van der Waals surface area contributed by atoms with Crippen molar-refractivity contribution in [2.75, 3.05) is 31.5 Å². The summed E-state index contributed by atoms with van der Waals surface area (Å²) in [6, 6.07) is 15.9. The highest BCUT2D eigenvalue weighted by Crippen LogP contribution is 2.34. The molecule has 0 saturated carbocycles. The number of rotatable bonds is 4. The van der Waals surface area contributed by atoms with Crippen molar-refractivity contribution in [1.82, 2.24) is 4.90 Å². The average molecular weight is 322 g/mol. The Kier molecular flexibility index (Phi) is 4.22. The largest absolute Gasteiger partial charge is 0.482 e. The van der Waals surface area contributed by atoms with Crippen LogP contribution in [0.2, 0.25) is 0 Å². The minimum Gasteiger partial charge on any atom is -0.482 e. The monoisotopic (exact) mass is 322 g/mol. The van der Waals surface area contributed by atoms with Crippen molar-refractivity contribution in [2.45, 2.75) is 18.9 Å². The minimum atomic E-state index is 0.00449. The molecule has 124 valence electrons. The van der Waals surface area contributed by atoms with Crippen LogP contribution in [0.1, 0.15) is 34.9 Å². The lowest BCUT2D eigenvalue weighted by molar-refractivity contribution is 0.0945. The van der Waals surface area contributed by atoms with Crippen LogP contribution in [-0.2, 0) is 0 Å². The van der Waals surface area contributed by atoms with E-state index in [2.05, 4.69) is 22.3 Å². The number of anilines is 1. The topological polar surface area (TPSA) is 41.6 Å². The van der Waals surface area contributed by atoms with E-state index in [1.54, 1.807) is 0 Å². The van der Waals surface area contributed by atoms with Gasteiger partial charge < -0.3 is 10.1 Å². The summed E-state index contributed by atoms with van der Waals surface area (Å²) in [6.45, 7) is 3.31. The molecule has 0 aliphatic carbocycles. The number of hydrogen-bond acceptors (Lipinski definition) is 4. The van der Waals surface area contributed by atoms with Crippen molar-refractivity contribution in [3.05, 3.63) is 59.7 Å². The van der Waals surface area contributed by atoms with Crippen molar-refractivity contribution in [2.24, 2.45) is 0 Å². The molecule has 1 N–H and O–H groups in total. The number of nitrogens with zero attached hydrogens (tertiary/aromatic N) is 1. The number of benzene rings is 2. The number of nitrogens with one attached hydrogen (secondary N) is 1. The van der Waals surface area contributed by atoms with Gasteiger partial charge in [0.05, 0.1) is 18.8 Å². The van der Waals surface area contributed by atoms with Gasteiger partial charge in [0, 0.05) is 5.56 Å². The zero-order valence-electron chi connectivity index (χ0n) is 13.7. The number of ketones is 1. The molecule has 0 spiro atoms. The van der Waals surface area contributed by atoms with Gasteiger partial charge in [-0.15, -0.1) is 0 Å². The van der Waals surface area contributed by atoms with E-state index in [1.165, 1.54) is 12.8 Å². The Balaban J connectivity index is 1.47. The standard InChI is InChI=1S/C20H22N2O2/c23-18(14-22-10-4-5-11-22)16-8-9-19-17(12-16)21-13-20(24-19)15-6-2-1-3-7-15/h1-3,6-9,12,20-21H,4-5,10-11,13-14H2. The summed E-state index contributed by atoms with van der Waals surface area (Å²) in [5, 5.41) is 3.41. The van der Waals surface area contributed by atoms with Gasteiger partial charge in [0.25, 0.3) is 0 Å². The molecule has 2 heterocycles. The third-order valence-electron chi connectivity index (χ3n) is 4.79. The van der Waals surface area contributed by atoms with Crippen LogP contribution >= 0.6 is 0 Å². The molecule has 0 bridgehead atoms. The lowest BCUT2D eigenvalue weighted by Crippen LogP contribution is -2.27. The fourth-order valence-electron chi connectivity index (χ4n) is 3.43. The third-order valence-corrected chi connectivity index (χ3v) is 4.79. The maximum atomic E-state index is 12.5. The summed E-state index contributed by atoms with van der Waals surface area (Å²) >= 11 is 0. The Bertz CT molecular complexity index is 724. The van der Waals surface area contributed by atoms with Gasteiger partial charge in [-0.2, -0.15) is 0 Å². The quantitative estimate of drug-likeness (QED) is 0.875. The molecule has 4 heteroatoms. The second kappa shape index (κ2) is 6.65. The van der Waals surface area contributed by atoms with Crippen LogP contribution in [0.4, 0.5) is 5.69 Å². The molecule has 2 aliphatic heterocycles. The molecule has 1 fully saturated rings. The molecule has 24 heavy (non-hydrogen) atoms. The van der Waals surface area contributed by atoms with Crippen molar-refractivity contribution in [3.63, 3.8) is 0 Å². The molecule has 1 saturated heterocycles. The van der Waals surface area contributed by atoms with Crippen molar-refractivity contribution in [3.8, 4) is 5.75 Å². The van der Waals surface area contributed by atoms with E-state index in [0.29, 0.717) is 13.1 Å². The fraction of sp³-hybridized carbons (Fsp3) is 0.350. The third kappa shape index (κ3) is 3.15. The Morgan fingerprint density at radius 1 is 1.12 bits per heavy atom. The maximum Gasteiger partial charge on any atom is 0.176 e. The first-order valence-corrected chi connectivity index (χ1v) is 8.65. The van der Waals surface area contributed by atoms with E-state index in [9.17, 15) is 4.79 Å². The smallest absolute Gasteiger partial charge is 0.176 e. The van der Waals surface area contributed by atoms with E-state index < -0.39 is 0 Å². The van der Waals surface area contributed by atoms with Crippen LogP contribution in [0, 0.1) is 0 Å². The predicted molar refractivity (Wildman–Crippen MR) is 94.7 cm³/mol. The summed E-state index contributed by atoms with van der Waals surface area (Å²) < 4.78 is 6.10.